The molecular formula is C21H21NO3. The molecule has 3 atom stereocenters. The van der Waals surface area contributed by atoms with E-state index in [1.54, 1.807) is 0 Å². The van der Waals surface area contributed by atoms with Crippen molar-refractivity contribution >= 4 is 0 Å². The van der Waals surface area contributed by atoms with E-state index in [2.05, 4.69) is 6.07 Å². The molecule has 25 heavy (non-hydrogen) atoms. The highest BCUT2D eigenvalue weighted by molar-refractivity contribution is 5.38. The Bertz CT molecular complexity index is 765. The van der Waals surface area contributed by atoms with E-state index >= 15 is 0 Å². The number of nitrogens with zero attached hydrogens (tertiary/aromatic N) is 1. The minimum absolute atomic E-state index is 0.108. The summed E-state index contributed by atoms with van der Waals surface area (Å²) < 4.78 is 17.2. The minimum Gasteiger partial charge on any atom is -0.468 e. The Morgan fingerprint density at radius 3 is 2.32 bits per heavy atom. The zero-order valence-corrected chi connectivity index (χ0v) is 14.4. The van der Waals surface area contributed by atoms with Gasteiger partial charge < -0.3 is 14.2 Å². The van der Waals surface area contributed by atoms with E-state index in [9.17, 15) is 5.26 Å². The first-order valence-corrected chi connectivity index (χ1v) is 8.33. The number of hydrogen-bond donors (Lipinski definition) is 0. The molecule has 0 spiro atoms. The van der Waals surface area contributed by atoms with E-state index in [1.807, 2.05) is 67.6 Å². The molecule has 2 aromatic rings. The van der Waals surface area contributed by atoms with Gasteiger partial charge in [0.2, 0.25) is 6.29 Å². The average molecular weight is 335 g/mol. The highest BCUT2D eigenvalue weighted by Crippen LogP contribution is 2.38. The van der Waals surface area contributed by atoms with Crippen molar-refractivity contribution in [1.82, 2.24) is 0 Å². The van der Waals surface area contributed by atoms with E-state index in [-0.39, 0.29) is 18.0 Å². The lowest BCUT2D eigenvalue weighted by atomic mass is 9.87. The van der Waals surface area contributed by atoms with Crippen LogP contribution in [0.2, 0.25) is 0 Å². The van der Waals surface area contributed by atoms with Crippen LogP contribution in [-0.4, -0.2) is 13.4 Å². The Balaban J connectivity index is 1.84. The third kappa shape index (κ3) is 3.84. The molecule has 0 aromatic heterocycles. The highest BCUT2D eigenvalue weighted by Gasteiger charge is 2.34. The van der Waals surface area contributed by atoms with Gasteiger partial charge in [-0.3, -0.25) is 0 Å². The third-order valence-corrected chi connectivity index (χ3v) is 4.37. The second kappa shape index (κ2) is 7.87. The summed E-state index contributed by atoms with van der Waals surface area (Å²) in [5.74, 6) is 0.135. The first-order chi connectivity index (χ1) is 12.2. The molecule has 0 fully saturated rings. The minimum atomic E-state index is -0.479. The first-order valence-electron chi connectivity index (χ1n) is 8.33. The Morgan fingerprint density at radius 1 is 1.08 bits per heavy atom. The quantitative estimate of drug-likeness (QED) is 0.796. The standard InChI is InChI=1S/C21H21NO3/c1-15(16-9-5-3-6-10-16)24-20-13-18(17-11-7-4-8-12-17)19(14-22)21(23-2)25-20/h3-12,15,18,20H,13H2,1-2H3. The molecule has 1 heterocycles. The van der Waals surface area contributed by atoms with E-state index in [0.29, 0.717) is 12.0 Å². The molecule has 0 N–H and O–H groups in total. The van der Waals surface area contributed by atoms with Crippen LogP contribution in [0.25, 0.3) is 0 Å². The lowest BCUT2D eigenvalue weighted by molar-refractivity contribution is -0.183. The summed E-state index contributed by atoms with van der Waals surface area (Å²) in [5.41, 5.74) is 2.63. The van der Waals surface area contributed by atoms with Gasteiger partial charge in [-0.25, -0.2) is 0 Å². The van der Waals surface area contributed by atoms with Crippen molar-refractivity contribution in [3.8, 4) is 6.07 Å². The van der Waals surface area contributed by atoms with E-state index < -0.39 is 6.29 Å². The second-order valence-corrected chi connectivity index (χ2v) is 5.95. The molecule has 3 unspecified atom stereocenters. The molecule has 1 aliphatic heterocycles. The fourth-order valence-corrected chi connectivity index (χ4v) is 3.07. The van der Waals surface area contributed by atoms with Gasteiger partial charge in [-0.15, -0.1) is 0 Å². The van der Waals surface area contributed by atoms with Crippen molar-refractivity contribution in [2.45, 2.75) is 31.7 Å². The Hall–Kier alpha value is -2.77. The third-order valence-electron chi connectivity index (χ3n) is 4.37. The monoisotopic (exact) mass is 335 g/mol. The zero-order valence-electron chi connectivity index (χ0n) is 14.4. The maximum absolute atomic E-state index is 9.56. The van der Waals surface area contributed by atoms with Crippen LogP contribution in [0.15, 0.2) is 72.2 Å². The lowest BCUT2D eigenvalue weighted by Crippen LogP contribution is -2.28. The zero-order chi connectivity index (χ0) is 17.6. The van der Waals surface area contributed by atoms with Gasteiger partial charge in [0.05, 0.1) is 13.2 Å². The predicted octanol–water partition coefficient (Wildman–Crippen LogP) is 4.68. The number of nitriles is 1. The number of benzene rings is 2. The summed E-state index contributed by atoms with van der Waals surface area (Å²) >= 11 is 0. The van der Waals surface area contributed by atoms with E-state index in [1.165, 1.54) is 7.11 Å². The van der Waals surface area contributed by atoms with Gasteiger partial charge in [-0.1, -0.05) is 60.7 Å². The summed E-state index contributed by atoms with van der Waals surface area (Å²) in [4.78, 5) is 0. The summed E-state index contributed by atoms with van der Waals surface area (Å²) in [6, 6.07) is 22.1. The molecule has 0 bridgehead atoms. The number of hydrogen-bond acceptors (Lipinski definition) is 4. The number of ether oxygens (including phenoxy) is 3. The molecular weight excluding hydrogens is 314 g/mol. The fraction of sp³-hybridized carbons (Fsp3) is 0.286. The van der Waals surface area contributed by atoms with Crippen molar-refractivity contribution < 1.29 is 14.2 Å². The SMILES string of the molecule is COC1=C(C#N)C(c2ccccc2)CC(OC(C)c2ccccc2)O1. The van der Waals surface area contributed by atoms with Crippen molar-refractivity contribution in [2.24, 2.45) is 0 Å². The molecule has 2 aromatic carbocycles. The Kier molecular flexibility index (Phi) is 5.37. The number of methoxy groups -OCH3 is 1. The van der Waals surface area contributed by atoms with E-state index in [4.69, 9.17) is 14.2 Å². The number of rotatable bonds is 5. The van der Waals surface area contributed by atoms with Crippen molar-refractivity contribution in [2.75, 3.05) is 7.11 Å². The van der Waals surface area contributed by atoms with Crippen molar-refractivity contribution in [3.05, 3.63) is 83.3 Å². The average Bonchev–Trinajstić information content (AvgIpc) is 2.68. The van der Waals surface area contributed by atoms with Gasteiger partial charge in [-0.2, -0.15) is 5.26 Å². The Morgan fingerprint density at radius 2 is 1.72 bits per heavy atom. The van der Waals surface area contributed by atoms with Crippen LogP contribution in [0.5, 0.6) is 0 Å². The molecule has 0 radical (unpaired) electrons. The maximum atomic E-state index is 9.56. The molecule has 1 aliphatic rings. The topological polar surface area (TPSA) is 51.5 Å². The predicted molar refractivity (Wildman–Crippen MR) is 94.3 cm³/mol. The molecule has 4 nitrogen and oxygen atoms in total. The highest BCUT2D eigenvalue weighted by atomic mass is 16.8. The van der Waals surface area contributed by atoms with Gasteiger partial charge in [-0.05, 0) is 18.1 Å². The van der Waals surface area contributed by atoms with Gasteiger partial charge in [0.15, 0.2) is 0 Å². The van der Waals surface area contributed by atoms with Crippen LogP contribution in [0.4, 0.5) is 0 Å². The molecule has 4 heteroatoms. The molecule has 3 rings (SSSR count). The van der Waals surface area contributed by atoms with Crippen LogP contribution in [0.1, 0.15) is 36.5 Å². The summed E-state index contributed by atoms with van der Waals surface area (Å²) in [5, 5.41) is 9.56. The summed E-state index contributed by atoms with van der Waals surface area (Å²) in [6.45, 7) is 1.99. The van der Waals surface area contributed by atoms with Crippen LogP contribution < -0.4 is 0 Å². The smallest absolute Gasteiger partial charge is 0.296 e. The summed E-state index contributed by atoms with van der Waals surface area (Å²) in [7, 11) is 1.51. The first kappa shape index (κ1) is 17.1. The van der Waals surface area contributed by atoms with Gasteiger partial charge in [0.25, 0.3) is 5.95 Å². The van der Waals surface area contributed by atoms with Gasteiger partial charge in [0.1, 0.15) is 11.6 Å². The normalized spacial score (nSPS) is 21.2. The van der Waals surface area contributed by atoms with Gasteiger partial charge >= 0.3 is 0 Å². The molecule has 128 valence electrons. The largest absolute Gasteiger partial charge is 0.468 e. The number of allylic oxidation sites excluding steroid dienone is 1. The molecule has 0 aliphatic carbocycles. The van der Waals surface area contributed by atoms with E-state index in [0.717, 1.165) is 11.1 Å². The van der Waals surface area contributed by atoms with Crippen LogP contribution in [-0.2, 0) is 14.2 Å². The van der Waals surface area contributed by atoms with Crippen molar-refractivity contribution in [3.63, 3.8) is 0 Å². The molecule has 0 saturated heterocycles. The molecule has 0 amide bonds. The van der Waals surface area contributed by atoms with Crippen LogP contribution in [0, 0.1) is 11.3 Å². The maximum Gasteiger partial charge on any atom is 0.296 e. The molecule has 0 saturated carbocycles. The van der Waals surface area contributed by atoms with Gasteiger partial charge in [0, 0.05) is 12.3 Å². The summed E-state index contributed by atoms with van der Waals surface area (Å²) in [6.07, 6.45) is -0.0338. The Labute approximate surface area is 148 Å². The fourth-order valence-electron chi connectivity index (χ4n) is 3.07. The second-order valence-electron chi connectivity index (χ2n) is 5.95. The van der Waals surface area contributed by atoms with Crippen molar-refractivity contribution in [1.29, 1.82) is 5.26 Å². The van der Waals surface area contributed by atoms with Crippen LogP contribution in [0.3, 0.4) is 0 Å². The lowest BCUT2D eigenvalue weighted by Gasteiger charge is -2.32. The van der Waals surface area contributed by atoms with Crippen LogP contribution >= 0.6 is 0 Å².